The molecule has 1 atom stereocenters. The number of phenolic OH excluding ortho intramolecular Hbond substituents is 1. The van der Waals surface area contributed by atoms with Crippen molar-refractivity contribution in [1.82, 2.24) is 15.1 Å². The number of carbonyl (C=O) groups excluding carboxylic acids is 1. The minimum Gasteiger partial charge on any atom is -0.508 e. The second kappa shape index (κ2) is 7.95. The van der Waals surface area contributed by atoms with E-state index in [9.17, 15) is 9.90 Å². The third-order valence-electron chi connectivity index (χ3n) is 4.48. The first-order chi connectivity index (χ1) is 13.0. The monoisotopic (exact) mass is 365 g/mol. The van der Waals surface area contributed by atoms with Gasteiger partial charge in [-0.3, -0.25) is 4.79 Å². The lowest BCUT2D eigenvalue weighted by molar-refractivity contribution is -0.121. The van der Waals surface area contributed by atoms with E-state index in [-0.39, 0.29) is 24.1 Å². The highest BCUT2D eigenvalue weighted by Crippen LogP contribution is 2.22. The van der Waals surface area contributed by atoms with Gasteiger partial charge in [0, 0.05) is 11.3 Å². The number of ether oxygens (including phenoxy) is 1. The van der Waals surface area contributed by atoms with Gasteiger partial charge in [-0.25, -0.2) is 4.68 Å². The Morgan fingerprint density at radius 1 is 1.26 bits per heavy atom. The fraction of sp³-hybridized carbons (Fsp3) is 0.238. The third kappa shape index (κ3) is 4.28. The molecule has 0 aliphatic carbocycles. The summed E-state index contributed by atoms with van der Waals surface area (Å²) >= 11 is 0. The van der Waals surface area contributed by atoms with Gasteiger partial charge in [-0.15, -0.1) is 0 Å². The van der Waals surface area contributed by atoms with E-state index in [1.165, 1.54) is 0 Å². The molecule has 0 saturated carbocycles. The number of benzene rings is 2. The Morgan fingerprint density at radius 2 is 2.00 bits per heavy atom. The average Bonchev–Trinajstić information content (AvgIpc) is 3.03. The van der Waals surface area contributed by atoms with Crippen LogP contribution in [0.25, 0.3) is 5.69 Å². The summed E-state index contributed by atoms with van der Waals surface area (Å²) in [7, 11) is 1.63. The van der Waals surface area contributed by atoms with Crippen LogP contribution >= 0.6 is 0 Å². The van der Waals surface area contributed by atoms with Crippen molar-refractivity contribution in [3.63, 3.8) is 0 Å². The zero-order valence-electron chi connectivity index (χ0n) is 15.6. The molecule has 0 saturated heterocycles. The fourth-order valence-electron chi connectivity index (χ4n) is 3.05. The van der Waals surface area contributed by atoms with Crippen LogP contribution in [0.2, 0.25) is 0 Å². The number of aromatic nitrogens is 2. The van der Waals surface area contributed by atoms with Crippen LogP contribution in [0.15, 0.2) is 54.7 Å². The molecule has 27 heavy (non-hydrogen) atoms. The zero-order chi connectivity index (χ0) is 19.4. The third-order valence-corrected chi connectivity index (χ3v) is 4.48. The maximum Gasteiger partial charge on any atom is 0.224 e. The molecule has 0 unspecified atom stereocenters. The Hall–Kier alpha value is -3.28. The second-order valence-corrected chi connectivity index (χ2v) is 6.43. The highest BCUT2D eigenvalue weighted by atomic mass is 16.5. The molecular formula is C21H23N3O3. The maximum atomic E-state index is 12.3. The fourth-order valence-corrected chi connectivity index (χ4v) is 3.05. The lowest BCUT2D eigenvalue weighted by Crippen LogP contribution is -2.28. The number of nitrogens with one attached hydrogen (secondary N) is 1. The number of hydrogen-bond acceptors (Lipinski definition) is 4. The number of hydrogen-bond donors (Lipinski definition) is 2. The smallest absolute Gasteiger partial charge is 0.224 e. The predicted molar refractivity (Wildman–Crippen MR) is 103 cm³/mol. The van der Waals surface area contributed by atoms with Crippen LogP contribution in [-0.2, 0) is 11.2 Å². The molecule has 0 bridgehead atoms. The molecule has 6 nitrogen and oxygen atoms in total. The van der Waals surface area contributed by atoms with Crippen LogP contribution in [0.5, 0.6) is 11.5 Å². The molecule has 0 aliphatic rings. The van der Waals surface area contributed by atoms with E-state index in [1.54, 1.807) is 31.5 Å². The van der Waals surface area contributed by atoms with E-state index in [2.05, 4.69) is 10.4 Å². The van der Waals surface area contributed by atoms with Crippen molar-refractivity contribution in [3.8, 4) is 17.2 Å². The Morgan fingerprint density at radius 3 is 2.67 bits per heavy atom. The summed E-state index contributed by atoms with van der Waals surface area (Å²) in [6.07, 6.45) is 1.99. The molecule has 3 aromatic rings. The number of carbonyl (C=O) groups is 1. The van der Waals surface area contributed by atoms with Gasteiger partial charge in [-0.05, 0) is 55.8 Å². The number of nitrogens with zero attached hydrogens (tertiary/aromatic N) is 2. The quantitative estimate of drug-likeness (QED) is 0.703. The lowest BCUT2D eigenvalue weighted by Gasteiger charge is -2.14. The van der Waals surface area contributed by atoms with Crippen molar-refractivity contribution in [2.75, 3.05) is 7.11 Å². The highest BCUT2D eigenvalue weighted by molar-refractivity contribution is 5.79. The van der Waals surface area contributed by atoms with E-state index in [0.29, 0.717) is 0 Å². The number of methoxy groups -OCH3 is 1. The number of amides is 1. The van der Waals surface area contributed by atoms with Gasteiger partial charge in [0.15, 0.2) is 0 Å². The van der Waals surface area contributed by atoms with Gasteiger partial charge >= 0.3 is 0 Å². The van der Waals surface area contributed by atoms with Crippen LogP contribution in [0.1, 0.15) is 29.8 Å². The lowest BCUT2D eigenvalue weighted by atomic mass is 10.1. The number of rotatable bonds is 6. The Balaban J connectivity index is 1.70. The number of phenols is 1. The molecule has 6 heteroatoms. The first kappa shape index (κ1) is 18.5. The van der Waals surface area contributed by atoms with Crippen molar-refractivity contribution >= 4 is 5.91 Å². The zero-order valence-corrected chi connectivity index (χ0v) is 15.6. The van der Waals surface area contributed by atoms with Gasteiger partial charge in [-0.1, -0.05) is 12.1 Å². The summed E-state index contributed by atoms with van der Waals surface area (Å²) in [5.41, 5.74) is 3.61. The Kier molecular flexibility index (Phi) is 5.45. The molecule has 3 rings (SSSR count). The molecule has 1 heterocycles. The van der Waals surface area contributed by atoms with E-state index < -0.39 is 0 Å². The molecule has 0 fully saturated rings. The van der Waals surface area contributed by atoms with Crippen LogP contribution in [0.4, 0.5) is 0 Å². The van der Waals surface area contributed by atoms with Gasteiger partial charge in [0.2, 0.25) is 5.91 Å². The van der Waals surface area contributed by atoms with Gasteiger partial charge < -0.3 is 15.2 Å². The SMILES string of the molecule is COc1ccc(-n2ncc([C@@H](C)NC(=O)Cc3cccc(O)c3)c2C)cc1. The topological polar surface area (TPSA) is 76.4 Å². The van der Waals surface area contributed by atoms with Crippen molar-refractivity contribution in [1.29, 1.82) is 0 Å². The van der Waals surface area contributed by atoms with Crippen molar-refractivity contribution < 1.29 is 14.6 Å². The van der Waals surface area contributed by atoms with Crippen LogP contribution in [0, 0.1) is 6.92 Å². The second-order valence-electron chi connectivity index (χ2n) is 6.43. The first-order valence-electron chi connectivity index (χ1n) is 8.74. The highest BCUT2D eigenvalue weighted by Gasteiger charge is 2.16. The molecule has 1 amide bonds. The van der Waals surface area contributed by atoms with E-state index in [1.807, 2.05) is 48.9 Å². The first-order valence-corrected chi connectivity index (χ1v) is 8.74. The van der Waals surface area contributed by atoms with Crippen LogP contribution in [-0.4, -0.2) is 27.9 Å². The molecule has 0 radical (unpaired) electrons. The van der Waals surface area contributed by atoms with Crippen molar-refractivity contribution in [2.24, 2.45) is 0 Å². The average molecular weight is 365 g/mol. The summed E-state index contributed by atoms with van der Waals surface area (Å²) in [4.78, 5) is 12.3. The maximum absolute atomic E-state index is 12.3. The molecular weight excluding hydrogens is 342 g/mol. The van der Waals surface area contributed by atoms with Crippen molar-refractivity contribution in [3.05, 3.63) is 71.5 Å². The standard InChI is InChI=1S/C21H23N3O3/c1-14(23-21(26)12-16-5-4-6-18(25)11-16)20-13-22-24(15(20)2)17-7-9-19(27-3)10-8-17/h4-11,13-14,25H,12H2,1-3H3,(H,23,26)/t14-/m1/s1. The summed E-state index contributed by atoms with van der Waals surface area (Å²) in [6.45, 7) is 3.91. The van der Waals surface area contributed by atoms with Gasteiger partial charge in [0.1, 0.15) is 11.5 Å². The number of aromatic hydroxyl groups is 1. The van der Waals surface area contributed by atoms with Crippen molar-refractivity contribution in [2.45, 2.75) is 26.3 Å². The minimum absolute atomic E-state index is 0.107. The molecule has 0 spiro atoms. The summed E-state index contributed by atoms with van der Waals surface area (Å²) < 4.78 is 7.03. The molecule has 2 aromatic carbocycles. The largest absolute Gasteiger partial charge is 0.508 e. The Bertz CT molecular complexity index is 932. The van der Waals surface area contributed by atoms with Gasteiger partial charge in [0.05, 0.1) is 31.5 Å². The molecule has 140 valence electrons. The normalized spacial score (nSPS) is 11.8. The van der Waals surface area contributed by atoms with E-state index >= 15 is 0 Å². The van der Waals surface area contributed by atoms with Gasteiger partial charge in [0.25, 0.3) is 0 Å². The van der Waals surface area contributed by atoms with E-state index in [4.69, 9.17) is 4.74 Å². The summed E-state index contributed by atoms with van der Waals surface area (Å²) in [5.74, 6) is 0.839. The Labute approximate surface area is 158 Å². The summed E-state index contributed by atoms with van der Waals surface area (Å²) in [6, 6.07) is 14.2. The predicted octanol–water partition coefficient (Wildman–Crippen LogP) is 3.31. The molecule has 2 N–H and O–H groups in total. The van der Waals surface area contributed by atoms with Gasteiger partial charge in [-0.2, -0.15) is 5.10 Å². The van der Waals surface area contributed by atoms with Crippen LogP contribution in [0.3, 0.4) is 0 Å². The van der Waals surface area contributed by atoms with E-state index in [0.717, 1.165) is 28.3 Å². The van der Waals surface area contributed by atoms with Crippen LogP contribution < -0.4 is 10.1 Å². The summed E-state index contributed by atoms with van der Waals surface area (Å²) in [5, 5.41) is 17.0. The molecule has 0 aliphatic heterocycles. The molecule has 1 aromatic heterocycles. The minimum atomic E-state index is -0.179.